The number of para-hydroxylation sites is 1. The van der Waals surface area contributed by atoms with E-state index >= 15 is 0 Å². The Kier molecular flexibility index (Phi) is 5.80. The van der Waals surface area contributed by atoms with Crippen LogP contribution in [0.25, 0.3) is 55.4 Å². The first-order valence-corrected chi connectivity index (χ1v) is 16.5. The second kappa shape index (κ2) is 9.79. The fraction of sp³-hybridized carbons (Fsp3) is 0.147. The van der Waals surface area contributed by atoms with Gasteiger partial charge in [-0.25, -0.2) is 0 Å². The monoisotopic (exact) mass is 553 g/mol. The molecule has 0 spiro atoms. The lowest BCUT2D eigenvalue weighted by Crippen LogP contribution is -2.37. The number of benzene rings is 4. The molecule has 0 aliphatic heterocycles. The molecule has 0 aliphatic carbocycles. The number of hydrogen-bond acceptors (Lipinski definition) is 2. The molecular formula is C34H28F3NOSi. The molecule has 0 fully saturated rings. The second-order valence-corrected chi connectivity index (χ2v) is 16.0. The Hall–Kier alpha value is -4.16. The lowest BCUT2D eigenvalue weighted by atomic mass is 9.96. The van der Waals surface area contributed by atoms with Gasteiger partial charge in [-0.1, -0.05) is 91.6 Å². The second-order valence-electron chi connectivity index (χ2n) is 10.9. The lowest BCUT2D eigenvalue weighted by Gasteiger charge is -2.17. The first kappa shape index (κ1) is 23.7. The van der Waals surface area contributed by atoms with Crippen molar-refractivity contribution in [2.24, 2.45) is 0 Å². The Labute approximate surface area is 234 Å². The molecule has 0 aliphatic rings. The largest absolute Gasteiger partial charge is 0.455 e. The van der Waals surface area contributed by atoms with Gasteiger partial charge >= 0.3 is 6.18 Å². The van der Waals surface area contributed by atoms with Crippen LogP contribution in [0.4, 0.5) is 13.2 Å². The maximum Gasteiger partial charge on any atom is 0.393 e. The predicted molar refractivity (Wildman–Crippen MR) is 161 cm³/mol. The highest BCUT2D eigenvalue weighted by atomic mass is 28.3. The van der Waals surface area contributed by atoms with Crippen molar-refractivity contribution in [3.8, 4) is 33.5 Å². The minimum absolute atomic E-state index is 0.330. The van der Waals surface area contributed by atoms with Crippen LogP contribution in [0.2, 0.25) is 19.6 Å². The molecule has 0 radical (unpaired) electrons. The summed E-state index contributed by atoms with van der Waals surface area (Å²) < 4.78 is 64.5. The number of hydrogen-bond donors (Lipinski definition) is 0. The SMILES string of the molecule is [2H]C([2H])(c1cc(-c2cc([Si](C)(C)C)ccn2)c2oc3c(-c4cccc(-c5ccccc5)c4)cccc3c2c1)C(F)(F)F. The Morgan fingerprint density at radius 2 is 1.43 bits per heavy atom. The van der Waals surface area contributed by atoms with Gasteiger partial charge in [0.15, 0.2) is 0 Å². The number of halogens is 3. The van der Waals surface area contributed by atoms with Gasteiger partial charge in [0, 0.05) is 30.8 Å². The molecule has 0 bridgehead atoms. The number of nitrogens with zero attached hydrogens (tertiary/aromatic N) is 1. The molecule has 200 valence electrons. The first-order chi connectivity index (χ1) is 19.8. The van der Waals surface area contributed by atoms with E-state index in [9.17, 15) is 13.2 Å². The van der Waals surface area contributed by atoms with Crippen molar-refractivity contribution in [3.63, 3.8) is 0 Å². The van der Waals surface area contributed by atoms with Gasteiger partial charge in [-0.15, -0.1) is 0 Å². The molecule has 0 N–H and O–H groups in total. The third kappa shape index (κ3) is 5.07. The zero-order chi connectivity index (χ0) is 29.9. The molecule has 6 rings (SSSR count). The molecule has 6 aromatic rings. The van der Waals surface area contributed by atoms with Crippen LogP contribution in [-0.2, 0) is 6.37 Å². The van der Waals surface area contributed by atoms with Gasteiger partial charge < -0.3 is 4.42 Å². The summed E-state index contributed by atoms with van der Waals surface area (Å²) in [4.78, 5) is 4.51. The van der Waals surface area contributed by atoms with Crippen LogP contribution in [-0.4, -0.2) is 19.2 Å². The highest BCUT2D eigenvalue weighted by molar-refractivity contribution is 6.88. The van der Waals surface area contributed by atoms with E-state index < -0.39 is 26.2 Å². The predicted octanol–water partition coefficient (Wildman–Crippen LogP) is 9.63. The average Bonchev–Trinajstić information content (AvgIpc) is 3.35. The van der Waals surface area contributed by atoms with E-state index in [4.69, 9.17) is 7.16 Å². The first-order valence-electron chi connectivity index (χ1n) is 14.0. The molecule has 0 saturated heterocycles. The van der Waals surface area contributed by atoms with Crippen LogP contribution in [0.1, 0.15) is 8.30 Å². The third-order valence-electron chi connectivity index (χ3n) is 7.07. The summed E-state index contributed by atoms with van der Waals surface area (Å²) in [6.45, 7) is 6.53. The Balaban J connectivity index is 1.64. The minimum atomic E-state index is -5.10. The molecule has 0 amide bonds. The summed E-state index contributed by atoms with van der Waals surface area (Å²) in [5.74, 6) is 0. The summed E-state index contributed by atoms with van der Waals surface area (Å²) >= 11 is 0. The molecular weight excluding hydrogens is 523 g/mol. The van der Waals surface area contributed by atoms with Crippen LogP contribution in [0.5, 0.6) is 0 Å². The van der Waals surface area contributed by atoms with Crippen LogP contribution < -0.4 is 5.19 Å². The maximum absolute atomic E-state index is 14.0. The van der Waals surface area contributed by atoms with E-state index in [0.717, 1.165) is 27.4 Å². The number of alkyl halides is 3. The molecule has 40 heavy (non-hydrogen) atoms. The molecule has 2 nitrogen and oxygen atoms in total. The van der Waals surface area contributed by atoms with E-state index in [1.54, 1.807) is 12.3 Å². The van der Waals surface area contributed by atoms with E-state index in [1.165, 1.54) is 12.1 Å². The molecule has 2 heterocycles. The quantitative estimate of drug-likeness (QED) is 0.199. The number of rotatable bonds is 5. The number of fused-ring (bicyclic) bond motifs is 3. The van der Waals surface area contributed by atoms with Crippen molar-refractivity contribution < 1.29 is 20.3 Å². The standard InChI is InChI=1S/C34H28F3NOSi/c1-40(2,3)26-15-16-38-31(20-26)30-18-22(21-34(35,36)37)17-29-28-14-8-13-27(32(28)39-33(29)30)25-12-7-11-24(19-25)23-9-5-4-6-10-23/h4-20H,21H2,1-3H3/i21D2. The molecule has 0 saturated carbocycles. The van der Waals surface area contributed by atoms with Gasteiger partial charge in [0.25, 0.3) is 0 Å². The van der Waals surface area contributed by atoms with Gasteiger partial charge in [0.05, 0.1) is 20.1 Å². The highest BCUT2D eigenvalue weighted by Gasteiger charge is 2.29. The van der Waals surface area contributed by atoms with E-state index in [0.29, 0.717) is 33.2 Å². The van der Waals surface area contributed by atoms with Gasteiger partial charge in [-0.05, 0) is 52.6 Å². The van der Waals surface area contributed by atoms with E-state index in [1.807, 2.05) is 72.8 Å². The summed E-state index contributed by atoms with van der Waals surface area (Å²) in [5, 5.41) is 2.10. The molecule has 4 aromatic carbocycles. The fourth-order valence-electron chi connectivity index (χ4n) is 5.09. The minimum Gasteiger partial charge on any atom is -0.455 e. The van der Waals surface area contributed by atoms with Crippen molar-refractivity contribution in [1.82, 2.24) is 4.98 Å². The molecule has 2 aromatic heterocycles. The van der Waals surface area contributed by atoms with Gasteiger partial charge in [-0.3, -0.25) is 4.98 Å². The summed E-state index contributed by atoms with van der Waals surface area (Å²) in [5.41, 5.74) is 4.95. The smallest absolute Gasteiger partial charge is 0.393 e. The van der Waals surface area contributed by atoms with Crippen LogP contribution in [0, 0.1) is 0 Å². The Morgan fingerprint density at radius 1 is 0.725 bits per heavy atom. The average molecular weight is 554 g/mol. The maximum atomic E-state index is 14.0. The number of pyridine rings is 1. The van der Waals surface area contributed by atoms with Gasteiger partial charge in [0.1, 0.15) is 11.2 Å². The van der Waals surface area contributed by atoms with Gasteiger partial charge in [0.2, 0.25) is 0 Å². The topological polar surface area (TPSA) is 26.0 Å². The molecule has 0 unspecified atom stereocenters. The Morgan fingerprint density at radius 3 is 2.17 bits per heavy atom. The van der Waals surface area contributed by atoms with E-state index in [2.05, 4.69) is 30.7 Å². The van der Waals surface area contributed by atoms with Crippen molar-refractivity contribution in [1.29, 1.82) is 0 Å². The zero-order valence-corrected chi connectivity index (χ0v) is 23.3. The number of furan rings is 1. The van der Waals surface area contributed by atoms with Crippen molar-refractivity contribution in [2.75, 3.05) is 0 Å². The van der Waals surface area contributed by atoms with Crippen molar-refractivity contribution >= 4 is 35.2 Å². The van der Waals surface area contributed by atoms with Gasteiger partial charge in [-0.2, -0.15) is 13.2 Å². The summed E-state index contributed by atoms with van der Waals surface area (Å²) in [7, 11) is -1.79. The normalized spacial score (nSPS) is 13.4. The van der Waals surface area contributed by atoms with Crippen molar-refractivity contribution in [2.45, 2.75) is 32.2 Å². The summed E-state index contributed by atoms with van der Waals surface area (Å²) in [6, 6.07) is 29.9. The Bertz CT molecular complexity index is 1940. The molecule has 0 atom stereocenters. The summed E-state index contributed by atoms with van der Waals surface area (Å²) in [6.07, 6.45) is -7.02. The number of aromatic nitrogens is 1. The van der Waals surface area contributed by atoms with Crippen molar-refractivity contribution in [3.05, 3.63) is 109 Å². The highest BCUT2D eigenvalue weighted by Crippen LogP contribution is 2.41. The molecule has 6 heteroatoms. The lowest BCUT2D eigenvalue weighted by molar-refractivity contribution is -0.127. The zero-order valence-electron chi connectivity index (χ0n) is 24.3. The third-order valence-corrected chi connectivity index (χ3v) is 9.11. The van der Waals surface area contributed by atoms with Crippen LogP contribution in [0.15, 0.2) is 108 Å². The van der Waals surface area contributed by atoms with Crippen LogP contribution >= 0.6 is 0 Å². The van der Waals surface area contributed by atoms with Crippen LogP contribution in [0.3, 0.4) is 0 Å². The van der Waals surface area contributed by atoms with E-state index in [-0.39, 0.29) is 0 Å². The fourth-order valence-corrected chi connectivity index (χ4v) is 6.24.